The maximum atomic E-state index is 12.9. The number of anilines is 1. The van der Waals surface area contributed by atoms with Gasteiger partial charge in [-0.3, -0.25) is 9.59 Å². The van der Waals surface area contributed by atoms with Crippen LogP contribution < -0.4 is 15.8 Å². The summed E-state index contributed by atoms with van der Waals surface area (Å²) in [6.45, 7) is 3.25. The number of benzene rings is 2. The molecule has 178 valence electrons. The number of aryl methyl sites for hydroxylation is 1. The van der Waals surface area contributed by atoms with Crippen LogP contribution in [-0.4, -0.2) is 40.8 Å². The summed E-state index contributed by atoms with van der Waals surface area (Å²) in [4.78, 5) is 30.3. The fraction of sp³-hybridized carbons (Fsp3) is 0.280. The van der Waals surface area contributed by atoms with Crippen LogP contribution in [-0.2, 0) is 6.61 Å². The molecule has 2 amide bonds. The highest BCUT2D eigenvalue weighted by atomic mass is 35.5. The molecule has 9 heteroatoms. The summed E-state index contributed by atoms with van der Waals surface area (Å²) in [7, 11) is 0. The summed E-state index contributed by atoms with van der Waals surface area (Å²) in [6.07, 6.45) is 1.86. The average molecular weight is 501 g/mol. The van der Waals surface area contributed by atoms with E-state index in [1.54, 1.807) is 36.1 Å². The predicted octanol–water partition coefficient (Wildman–Crippen LogP) is 5.02. The third-order valence-electron chi connectivity index (χ3n) is 5.73. The fourth-order valence-electron chi connectivity index (χ4n) is 3.94. The van der Waals surface area contributed by atoms with Crippen LogP contribution in [0.5, 0.6) is 5.75 Å². The minimum absolute atomic E-state index is 0.0247. The number of hydrogen-bond donors (Lipinski definition) is 3. The first-order valence-electron chi connectivity index (χ1n) is 11.0. The van der Waals surface area contributed by atoms with E-state index in [-0.39, 0.29) is 29.3 Å². The molecule has 0 spiro atoms. The maximum Gasteiger partial charge on any atom is 0.273 e. The smallest absolute Gasteiger partial charge is 0.273 e. The van der Waals surface area contributed by atoms with Crippen molar-refractivity contribution in [3.05, 3.63) is 81.1 Å². The molecule has 7 nitrogen and oxygen atoms in total. The number of aromatic amines is 1. The van der Waals surface area contributed by atoms with E-state index in [0.717, 1.165) is 24.9 Å². The van der Waals surface area contributed by atoms with Crippen LogP contribution in [0.25, 0.3) is 0 Å². The minimum atomic E-state index is -0.427. The van der Waals surface area contributed by atoms with Crippen LogP contribution in [0.15, 0.2) is 48.5 Å². The number of para-hydroxylation sites is 2. The quantitative estimate of drug-likeness (QED) is 0.441. The molecule has 1 aliphatic heterocycles. The maximum absolute atomic E-state index is 12.9. The van der Waals surface area contributed by atoms with Gasteiger partial charge < -0.3 is 25.7 Å². The summed E-state index contributed by atoms with van der Waals surface area (Å²) >= 11 is 12.3. The van der Waals surface area contributed by atoms with E-state index < -0.39 is 5.91 Å². The predicted molar refractivity (Wildman–Crippen MR) is 134 cm³/mol. The van der Waals surface area contributed by atoms with Crippen molar-refractivity contribution < 1.29 is 14.3 Å². The first-order chi connectivity index (χ1) is 16.3. The number of piperidine rings is 1. The second kappa shape index (κ2) is 10.5. The molecule has 1 aliphatic rings. The Kier molecular flexibility index (Phi) is 7.46. The van der Waals surface area contributed by atoms with Gasteiger partial charge >= 0.3 is 0 Å². The van der Waals surface area contributed by atoms with Gasteiger partial charge in [-0.1, -0.05) is 47.5 Å². The molecule has 1 fully saturated rings. The van der Waals surface area contributed by atoms with Crippen LogP contribution in [0, 0.1) is 6.92 Å². The van der Waals surface area contributed by atoms with Gasteiger partial charge in [-0.25, -0.2) is 0 Å². The molecular weight excluding hydrogens is 475 g/mol. The number of carbonyl (C=O) groups is 2. The Hall–Kier alpha value is -3.00. The summed E-state index contributed by atoms with van der Waals surface area (Å²) in [6, 6.07) is 14.5. The highest BCUT2D eigenvalue weighted by molar-refractivity contribution is 6.44. The van der Waals surface area contributed by atoms with Crippen molar-refractivity contribution in [2.45, 2.75) is 32.4 Å². The summed E-state index contributed by atoms with van der Waals surface area (Å²) in [5.74, 6) is 0.0323. The Balaban J connectivity index is 1.44. The van der Waals surface area contributed by atoms with Crippen LogP contribution >= 0.6 is 23.2 Å². The number of carbonyl (C=O) groups excluding carboxylic acids is 2. The lowest BCUT2D eigenvalue weighted by Gasteiger charge is -2.30. The number of hydrogen-bond acceptors (Lipinski definition) is 4. The summed E-state index contributed by atoms with van der Waals surface area (Å²) < 4.78 is 5.99. The molecule has 1 atom stereocenters. The molecule has 4 N–H and O–H groups in total. The number of amides is 2. The normalized spacial score (nSPS) is 15.8. The Morgan fingerprint density at radius 3 is 2.71 bits per heavy atom. The van der Waals surface area contributed by atoms with Crippen molar-refractivity contribution in [2.24, 2.45) is 5.73 Å². The zero-order chi connectivity index (χ0) is 24.2. The lowest BCUT2D eigenvalue weighted by molar-refractivity contribution is 0.0708. The Morgan fingerprint density at radius 1 is 1.18 bits per heavy atom. The number of halogens is 2. The van der Waals surface area contributed by atoms with E-state index in [4.69, 9.17) is 33.7 Å². The second-order valence-electron chi connectivity index (χ2n) is 8.35. The van der Waals surface area contributed by atoms with Gasteiger partial charge in [0.05, 0.1) is 15.7 Å². The molecule has 1 aromatic heterocycles. The topological polar surface area (TPSA) is 100 Å². The summed E-state index contributed by atoms with van der Waals surface area (Å²) in [5, 5.41) is 3.30. The Bertz CT molecular complexity index is 1210. The number of aromatic nitrogens is 1. The van der Waals surface area contributed by atoms with Crippen molar-refractivity contribution in [1.82, 2.24) is 9.88 Å². The molecule has 0 radical (unpaired) electrons. The van der Waals surface area contributed by atoms with Crippen LogP contribution in [0.2, 0.25) is 10.0 Å². The van der Waals surface area contributed by atoms with E-state index in [1.807, 2.05) is 24.3 Å². The van der Waals surface area contributed by atoms with Crippen molar-refractivity contribution in [1.29, 1.82) is 0 Å². The molecule has 2 heterocycles. The van der Waals surface area contributed by atoms with Crippen LogP contribution in [0.4, 0.5) is 5.69 Å². The first-order valence-corrected chi connectivity index (χ1v) is 11.8. The number of nitrogens with one attached hydrogen (secondary N) is 2. The SMILES string of the molecule is Cc1[nH]c(C(=O)Nc2ccccc2OCc2cccc(C(=O)N3CCC[C@@H](N)C3)c2)c(Cl)c1Cl. The number of nitrogens with zero attached hydrogens (tertiary/aromatic N) is 1. The van der Waals surface area contributed by atoms with Gasteiger partial charge in [0.1, 0.15) is 18.1 Å². The molecule has 34 heavy (non-hydrogen) atoms. The first kappa shape index (κ1) is 24.1. The molecule has 0 aliphatic carbocycles. The third kappa shape index (κ3) is 5.38. The van der Waals surface area contributed by atoms with Crippen LogP contribution in [0.1, 0.15) is 44.9 Å². The van der Waals surface area contributed by atoms with Gasteiger partial charge in [0, 0.05) is 30.4 Å². The van der Waals surface area contributed by atoms with Crippen molar-refractivity contribution >= 4 is 40.7 Å². The largest absolute Gasteiger partial charge is 0.487 e. The number of likely N-dealkylation sites (tertiary alicyclic amines) is 1. The van der Waals surface area contributed by atoms with E-state index in [9.17, 15) is 9.59 Å². The van der Waals surface area contributed by atoms with Crippen molar-refractivity contribution in [3.8, 4) is 5.75 Å². The van der Waals surface area contributed by atoms with Crippen molar-refractivity contribution in [2.75, 3.05) is 18.4 Å². The lowest BCUT2D eigenvalue weighted by atomic mass is 10.0. The van der Waals surface area contributed by atoms with Gasteiger partial charge in [0.15, 0.2) is 0 Å². The zero-order valence-electron chi connectivity index (χ0n) is 18.7. The van der Waals surface area contributed by atoms with Gasteiger partial charge in [-0.05, 0) is 49.6 Å². The third-order valence-corrected chi connectivity index (χ3v) is 6.68. The van der Waals surface area contributed by atoms with Gasteiger partial charge in [0.2, 0.25) is 0 Å². The van der Waals surface area contributed by atoms with Crippen LogP contribution in [0.3, 0.4) is 0 Å². The Morgan fingerprint density at radius 2 is 1.97 bits per heavy atom. The zero-order valence-corrected chi connectivity index (χ0v) is 20.2. The number of nitrogens with two attached hydrogens (primary N) is 1. The van der Waals surface area contributed by atoms with E-state index in [2.05, 4.69) is 10.3 Å². The molecule has 4 rings (SSSR count). The van der Waals surface area contributed by atoms with E-state index in [1.165, 1.54) is 0 Å². The molecule has 2 aromatic carbocycles. The van der Waals surface area contributed by atoms with Gasteiger partial charge in [0.25, 0.3) is 11.8 Å². The minimum Gasteiger partial charge on any atom is -0.487 e. The number of rotatable bonds is 6. The number of ether oxygens (including phenoxy) is 1. The highest BCUT2D eigenvalue weighted by Gasteiger charge is 2.23. The standard InChI is InChI=1S/C25H26Cl2N4O3/c1-15-21(26)22(27)23(29-15)24(32)30-19-9-2-3-10-20(19)34-14-16-6-4-7-17(12-16)25(33)31-11-5-8-18(28)13-31/h2-4,6-7,9-10,12,18,29H,5,8,11,13-14,28H2,1H3,(H,30,32)/t18-/m1/s1. The molecule has 0 bridgehead atoms. The molecule has 0 saturated carbocycles. The molecule has 1 saturated heterocycles. The highest BCUT2D eigenvalue weighted by Crippen LogP contribution is 2.31. The average Bonchev–Trinajstić information content (AvgIpc) is 3.10. The monoisotopic (exact) mass is 500 g/mol. The lowest BCUT2D eigenvalue weighted by Crippen LogP contribution is -2.45. The van der Waals surface area contributed by atoms with E-state index >= 15 is 0 Å². The molecule has 0 unspecified atom stereocenters. The fourth-order valence-corrected chi connectivity index (χ4v) is 4.36. The number of H-pyrrole nitrogens is 1. The Labute approximate surface area is 208 Å². The van der Waals surface area contributed by atoms with E-state index in [0.29, 0.717) is 34.3 Å². The van der Waals surface area contributed by atoms with Gasteiger partial charge in [-0.2, -0.15) is 0 Å². The molecule has 3 aromatic rings. The second-order valence-corrected chi connectivity index (χ2v) is 9.10. The van der Waals surface area contributed by atoms with Gasteiger partial charge in [-0.15, -0.1) is 0 Å². The van der Waals surface area contributed by atoms with Crippen molar-refractivity contribution in [3.63, 3.8) is 0 Å². The molecular formula is C25H26Cl2N4O3. The summed E-state index contributed by atoms with van der Waals surface area (Å²) in [5.41, 5.74) is 8.75.